The molecule has 0 aliphatic rings. The highest BCUT2D eigenvalue weighted by Crippen LogP contribution is 2.28. The number of aromatic nitrogens is 2. The monoisotopic (exact) mass is 280 g/mol. The summed E-state index contributed by atoms with van der Waals surface area (Å²) < 4.78 is 6.21. The van der Waals surface area contributed by atoms with Crippen molar-refractivity contribution in [1.82, 2.24) is 10.1 Å². The standard InChI is InChI=1S/C12H13BrN2O/c1-4-10-14-12(15-16-10)11-7(2)5-9(13)6-8(11)3/h5-6H,4H2,1-3H3. The molecule has 0 N–H and O–H groups in total. The normalized spacial score (nSPS) is 10.8. The molecule has 0 radical (unpaired) electrons. The van der Waals surface area contributed by atoms with Gasteiger partial charge in [-0.25, -0.2) is 0 Å². The molecule has 0 aliphatic heterocycles. The van der Waals surface area contributed by atoms with E-state index in [2.05, 4.69) is 52.1 Å². The number of halogens is 1. The molecule has 0 spiro atoms. The fourth-order valence-electron chi connectivity index (χ4n) is 1.76. The number of hydrogen-bond acceptors (Lipinski definition) is 3. The first-order chi connectivity index (χ1) is 7.61. The van der Waals surface area contributed by atoms with E-state index in [0.717, 1.165) is 27.6 Å². The minimum absolute atomic E-state index is 0.678. The Morgan fingerprint density at radius 2 is 1.88 bits per heavy atom. The van der Waals surface area contributed by atoms with Gasteiger partial charge in [0.05, 0.1) is 0 Å². The molecule has 0 atom stereocenters. The summed E-state index contributed by atoms with van der Waals surface area (Å²) in [6, 6.07) is 4.12. The molecule has 4 heteroatoms. The fourth-order valence-corrected chi connectivity index (χ4v) is 2.45. The van der Waals surface area contributed by atoms with Gasteiger partial charge in [-0.05, 0) is 37.1 Å². The van der Waals surface area contributed by atoms with Crippen molar-refractivity contribution in [3.05, 3.63) is 33.6 Å². The Hall–Kier alpha value is -1.16. The maximum atomic E-state index is 5.14. The Kier molecular flexibility index (Phi) is 3.10. The van der Waals surface area contributed by atoms with Gasteiger partial charge in [-0.1, -0.05) is 28.0 Å². The molecule has 0 saturated heterocycles. The summed E-state index contributed by atoms with van der Waals surface area (Å²) in [5.74, 6) is 1.36. The van der Waals surface area contributed by atoms with Crippen LogP contribution >= 0.6 is 15.9 Å². The van der Waals surface area contributed by atoms with Gasteiger partial charge in [0.15, 0.2) is 0 Å². The lowest BCUT2D eigenvalue weighted by Crippen LogP contribution is -1.91. The number of aryl methyl sites for hydroxylation is 3. The number of nitrogens with zero attached hydrogens (tertiary/aromatic N) is 2. The Morgan fingerprint density at radius 1 is 1.25 bits per heavy atom. The van der Waals surface area contributed by atoms with Crippen LogP contribution < -0.4 is 0 Å². The highest BCUT2D eigenvalue weighted by Gasteiger charge is 2.13. The summed E-state index contributed by atoms with van der Waals surface area (Å²) in [6.07, 6.45) is 0.765. The quantitative estimate of drug-likeness (QED) is 0.842. The predicted molar refractivity (Wildman–Crippen MR) is 66.3 cm³/mol. The zero-order chi connectivity index (χ0) is 11.7. The van der Waals surface area contributed by atoms with Gasteiger partial charge in [0.2, 0.25) is 11.7 Å². The molecule has 1 aromatic carbocycles. The van der Waals surface area contributed by atoms with E-state index in [1.807, 2.05) is 6.92 Å². The zero-order valence-electron chi connectivity index (χ0n) is 9.54. The summed E-state index contributed by atoms with van der Waals surface area (Å²) in [5.41, 5.74) is 3.36. The second-order valence-electron chi connectivity index (χ2n) is 3.78. The van der Waals surface area contributed by atoms with Crippen LogP contribution in [0.3, 0.4) is 0 Å². The SMILES string of the molecule is CCc1nc(-c2c(C)cc(Br)cc2C)no1. The van der Waals surface area contributed by atoms with Crippen LogP contribution in [0.5, 0.6) is 0 Å². The van der Waals surface area contributed by atoms with E-state index in [1.54, 1.807) is 0 Å². The first-order valence-electron chi connectivity index (χ1n) is 5.21. The van der Waals surface area contributed by atoms with Crippen LogP contribution in [-0.2, 0) is 6.42 Å². The zero-order valence-corrected chi connectivity index (χ0v) is 11.1. The number of benzene rings is 1. The number of rotatable bonds is 2. The highest BCUT2D eigenvalue weighted by atomic mass is 79.9. The molecular formula is C12H13BrN2O. The summed E-state index contributed by atoms with van der Waals surface area (Å²) in [7, 11) is 0. The smallest absolute Gasteiger partial charge is 0.226 e. The van der Waals surface area contributed by atoms with Gasteiger partial charge in [-0.2, -0.15) is 4.98 Å². The van der Waals surface area contributed by atoms with Crippen molar-refractivity contribution >= 4 is 15.9 Å². The summed E-state index contributed by atoms with van der Waals surface area (Å²) in [4.78, 5) is 4.36. The van der Waals surface area contributed by atoms with Gasteiger partial charge in [-0.15, -0.1) is 0 Å². The molecule has 1 aromatic heterocycles. The van der Waals surface area contributed by atoms with Gasteiger partial charge in [-0.3, -0.25) is 0 Å². The van der Waals surface area contributed by atoms with Crippen molar-refractivity contribution in [2.75, 3.05) is 0 Å². The average molecular weight is 281 g/mol. The van der Waals surface area contributed by atoms with Crippen LogP contribution in [0.2, 0.25) is 0 Å². The Balaban J connectivity index is 2.55. The lowest BCUT2D eigenvalue weighted by molar-refractivity contribution is 0.382. The molecule has 0 unspecified atom stereocenters. The second-order valence-corrected chi connectivity index (χ2v) is 4.70. The van der Waals surface area contributed by atoms with E-state index in [1.165, 1.54) is 0 Å². The minimum Gasteiger partial charge on any atom is -0.339 e. The molecule has 2 aromatic rings. The maximum Gasteiger partial charge on any atom is 0.226 e. The van der Waals surface area contributed by atoms with E-state index in [0.29, 0.717) is 11.7 Å². The Bertz CT molecular complexity index is 496. The molecule has 0 bridgehead atoms. The maximum absolute atomic E-state index is 5.14. The number of hydrogen-bond donors (Lipinski definition) is 0. The van der Waals surface area contributed by atoms with Crippen molar-refractivity contribution in [1.29, 1.82) is 0 Å². The third-order valence-corrected chi connectivity index (χ3v) is 2.95. The molecule has 0 fully saturated rings. The molecule has 2 rings (SSSR count). The molecular weight excluding hydrogens is 268 g/mol. The third-order valence-electron chi connectivity index (χ3n) is 2.49. The largest absolute Gasteiger partial charge is 0.339 e. The van der Waals surface area contributed by atoms with E-state index in [9.17, 15) is 0 Å². The summed E-state index contributed by atoms with van der Waals surface area (Å²) >= 11 is 3.47. The molecule has 16 heavy (non-hydrogen) atoms. The Morgan fingerprint density at radius 3 is 2.38 bits per heavy atom. The molecule has 3 nitrogen and oxygen atoms in total. The summed E-state index contributed by atoms with van der Waals surface area (Å²) in [6.45, 7) is 6.10. The van der Waals surface area contributed by atoms with Crippen LogP contribution in [0, 0.1) is 13.8 Å². The van der Waals surface area contributed by atoms with E-state index in [4.69, 9.17) is 4.52 Å². The van der Waals surface area contributed by atoms with Crippen molar-refractivity contribution in [3.63, 3.8) is 0 Å². The van der Waals surface area contributed by atoms with Crippen LogP contribution in [0.25, 0.3) is 11.4 Å². The summed E-state index contributed by atoms with van der Waals surface area (Å²) in [5, 5.41) is 4.01. The molecule has 0 saturated carbocycles. The molecule has 1 heterocycles. The van der Waals surface area contributed by atoms with E-state index in [-0.39, 0.29) is 0 Å². The van der Waals surface area contributed by atoms with Crippen molar-refractivity contribution in [3.8, 4) is 11.4 Å². The topological polar surface area (TPSA) is 38.9 Å². The van der Waals surface area contributed by atoms with Crippen molar-refractivity contribution in [2.24, 2.45) is 0 Å². The molecule has 0 aliphatic carbocycles. The molecule has 84 valence electrons. The van der Waals surface area contributed by atoms with E-state index < -0.39 is 0 Å². The van der Waals surface area contributed by atoms with Gasteiger partial charge in [0.25, 0.3) is 0 Å². The predicted octanol–water partition coefficient (Wildman–Crippen LogP) is 3.68. The average Bonchev–Trinajstić information content (AvgIpc) is 2.64. The lowest BCUT2D eigenvalue weighted by Gasteiger charge is -2.06. The van der Waals surface area contributed by atoms with Gasteiger partial charge in [0.1, 0.15) is 0 Å². The van der Waals surface area contributed by atoms with Crippen LogP contribution in [0.15, 0.2) is 21.1 Å². The van der Waals surface area contributed by atoms with E-state index >= 15 is 0 Å². The van der Waals surface area contributed by atoms with Gasteiger partial charge in [0, 0.05) is 16.5 Å². The van der Waals surface area contributed by atoms with Gasteiger partial charge < -0.3 is 4.52 Å². The first-order valence-corrected chi connectivity index (χ1v) is 6.00. The van der Waals surface area contributed by atoms with Gasteiger partial charge >= 0.3 is 0 Å². The van der Waals surface area contributed by atoms with Crippen molar-refractivity contribution in [2.45, 2.75) is 27.2 Å². The fraction of sp³-hybridized carbons (Fsp3) is 0.333. The first kappa shape index (κ1) is 11.3. The van der Waals surface area contributed by atoms with Crippen LogP contribution in [-0.4, -0.2) is 10.1 Å². The minimum atomic E-state index is 0.678. The van der Waals surface area contributed by atoms with Crippen molar-refractivity contribution < 1.29 is 4.52 Å². The third kappa shape index (κ3) is 2.02. The second kappa shape index (κ2) is 4.37. The lowest BCUT2D eigenvalue weighted by atomic mass is 10.0. The van der Waals surface area contributed by atoms with Crippen LogP contribution in [0.1, 0.15) is 23.9 Å². The highest BCUT2D eigenvalue weighted by molar-refractivity contribution is 9.10. The van der Waals surface area contributed by atoms with Crippen LogP contribution in [0.4, 0.5) is 0 Å². The Labute approximate surface area is 103 Å². The molecule has 0 amide bonds.